The number of hydrogen-bond donors (Lipinski definition) is 0. The second-order valence-electron chi connectivity index (χ2n) is 4.45. The van der Waals surface area contributed by atoms with Crippen molar-refractivity contribution in [2.75, 3.05) is 0 Å². The average molecular weight is 288 g/mol. The summed E-state index contributed by atoms with van der Waals surface area (Å²) >= 11 is 2.39. The molecule has 0 amide bonds. The second kappa shape index (κ2) is 3.99. The van der Waals surface area contributed by atoms with E-state index in [-0.39, 0.29) is 5.41 Å². The van der Waals surface area contributed by atoms with Crippen LogP contribution in [0.4, 0.5) is 0 Å². The van der Waals surface area contributed by atoms with Crippen molar-refractivity contribution in [1.29, 1.82) is 0 Å². The van der Waals surface area contributed by atoms with Gasteiger partial charge >= 0.3 is 0 Å². The molecule has 0 aromatic heterocycles. The van der Waals surface area contributed by atoms with Crippen LogP contribution in [0.5, 0.6) is 0 Å². The largest absolute Gasteiger partial charge is 0.0613 e. The summed E-state index contributed by atoms with van der Waals surface area (Å²) in [7, 11) is 0. The van der Waals surface area contributed by atoms with Gasteiger partial charge in [0.1, 0.15) is 0 Å². The smallest absolute Gasteiger partial charge is 0.0135 e. The molecule has 1 aromatic rings. The molecule has 72 valence electrons. The van der Waals surface area contributed by atoms with Crippen molar-refractivity contribution >= 4 is 22.6 Å². The number of halogens is 1. The van der Waals surface area contributed by atoms with Crippen LogP contribution >= 0.6 is 22.6 Å². The Morgan fingerprint density at radius 3 is 2.23 bits per heavy atom. The Kier molecular flexibility index (Phi) is 3.38. The van der Waals surface area contributed by atoms with Gasteiger partial charge in [-0.15, -0.1) is 0 Å². The fourth-order valence-corrected chi connectivity index (χ4v) is 2.02. The van der Waals surface area contributed by atoms with Crippen molar-refractivity contribution in [3.8, 4) is 0 Å². The molecular weight excluding hydrogens is 271 g/mol. The van der Waals surface area contributed by atoms with Crippen molar-refractivity contribution < 1.29 is 0 Å². The predicted octanol–water partition coefficient (Wildman–Crippen LogP) is 4.15. The maximum absolute atomic E-state index is 2.39. The van der Waals surface area contributed by atoms with Crippen molar-refractivity contribution in [1.82, 2.24) is 0 Å². The van der Waals surface area contributed by atoms with Gasteiger partial charge in [0, 0.05) is 3.57 Å². The lowest BCUT2D eigenvalue weighted by atomic mass is 9.86. The molecule has 0 unspecified atom stereocenters. The van der Waals surface area contributed by atoms with Gasteiger partial charge in [0.15, 0.2) is 0 Å². The normalized spacial score (nSPS) is 11.8. The van der Waals surface area contributed by atoms with Crippen molar-refractivity contribution in [2.45, 2.75) is 39.5 Å². The van der Waals surface area contributed by atoms with Crippen LogP contribution in [0.2, 0.25) is 0 Å². The molecule has 0 nitrogen and oxygen atoms in total. The van der Waals surface area contributed by atoms with E-state index in [0.29, 0.717) is 0 Å². The van der Waals surface area contributed by atoms with E-state index >= 15 is 0 Å². The summed E-state index contributed by atoms with van der Waals surface area (Å²) in [5.74, 6) is 0. The highest BCUT2D eigenvalue weighted by atomic mass is 127. The van der Waals surface area contributed by atoms with Gasteiger partial charge in [0.2, 0.25) is 0 Å². The maximum Gasteiger partial charge on any atom is 0.0135 e. The van der Waals surface area contributed by atoms with Gasteiger partial charge in [0.25, 0.3) is 0 Å². The van der Waals surface area contributed by atoms with Crippen molar-refractivity contribution in [3.05, 3.63) is 32.9 Å². The third-order valence-corrected chi connectivity index (χ3v) is 2.85. The highest BCUT2D eigenvalue weighted by Gasteiger charge is 2.14. The lowest BCUT2D eigenvalue weighted by Gasteiger charge is -2.20. The highest BCUT2D eigenvalue weighted by molar-refractivity contribution is 14.1. The first kappa shape index (κ1) is 11.0. The molecule has 0 atom stereocenters. The van der Waals surface area contributed by atoms with E-state index in [1.54, 1.807) is 0 Å². The molecule has 0 aliphatic carbocycles. The van der Waals surface area contributed by atoms with Crippen LogP contribution in [-0.4, -0.2) is 0 Å². The molecule has 0 aliphatic heterocycles. The van der Waals surface area contributed by atoms with E-state index in [4.69, 9.17) is 0 Å². The molecule has 0 N–H and O–H groups in total. The quantitative estimate of drug-likeness (QED) is 0.681. The second-order valence-corrected chi connectivity index (χ2v) is 5.70. The van der Waals surface area contributed by atoms with Crippen molar-refractivity contribution in [2.24, 2.45) is 0 Å². The van der Waals surface area contributed by atoms with Gasteiger partial charge in [-0.05, 0) is 57.7 Å². The van der Waals surface area contributed by atoms with E-state index in [1.165, 1.54) is 14.7 Å². The molecule has 0 aliphatic rings. The lowest BCUT2D eigenvalue weighted by molar-refractivity contribution is 0.589. The van der Waals surface area contributed by atoms with Gasteiger partial charge in [-0.2, -0.15) is 0 Å². The Morgan fingerprint density at radius 2 is 1.77 bits per heavy atom. The van der Waals surface area contributed by atoms with E-state index < -0.39 is 0 Å². The zero-order chi connectivity index (χ0) is 10.1. The first-order valence-corrected chi connectivity index (χ1v) is 5.81. The third-order valence-electron chi connectivity index (χ3n) is 2.23. The molecule has 0 spiro atoms. The molecule has 0 fully saturated rings. The van der Waals surface area contributed by atoms with E-state index in [0.717, 1.165) is 6.42 Å². The molecule has 1 aromatic carbocycles. The standard InChI is InChI=1S/C12H17I/c1-5-9-6-10(12(2,3)4)8-11(13)7-9/h6-8H,5H2,1-4H3. The summed E-state index contributed by atoms with van der Waals surface area (Å²) in [5, 5.41) is 0. The van der Waals surface area contributed by atoms with E-state index in [9.17, 15) is 0 Å². The fourth-order valence-electron chi connectivity index (χ4n) is 1.29. The molecule has 0 bridgehead atoms. The SMILES string of the molecule is CCc1cc(I)cc(C(C)(C)C)c1. The molecule has 13 heavy (non-hydrogen) atoms. The number of rotatable bonds is 1. The van der Waals surface area contributed by atoms with Crippen LogP contribution in [0.25, 0.3) is 0 Å². The lowest BCUT2D eigenvalue weighted by Crippen LogP contribution is -2.11. The van der Waals surface area contributed by atoms with Crippen LogP contribution in [0.3, 0.4) is 0 Å². The monoisotopic (exact) mass is 288 g/mol. The minimum absolute atomic E-state index is 0.269. The number of hydrogen-bond acceptors (Lipinski definition) is 0. The Hall–Kier alpha value is -0.0500. The molecule has 0 heterocycles. The zero-order valence-corrected chi connectivity index (χ0v) is 11.0. The summed E-state index contributed by atoms with van der Waals surface area (Å²) in [6, 6.07) is 6.86. The Morgan fingerprint density at radius 1 is 1.15 bits per heavy atom. The van der Waals surface area contributed by atoms with E-state index in [2.05, 4.69) is 68.5 Å². The minimum Gasteiger partial charge on any atom is -0.0613 e. The topological polar surface area (TPSA) is 0 Å². The Bertz CT molecular complexity index is 294. The van der Waals surface area contributed by atoms with Gasteiger partial charge in [-0.1, -0.05) is 33.8 Å². The molecule has 0 saturated heterocycles. The van der Waals surface area contributed by atoms with E-state index in [1.807, 2.05) is 0 Å². The van der Waals surface area contributed by atoms with Crippen LogP contribution in [-0.2, 0) is 11.8 Å². The summed E-state index contributed by atoms with van der Waals surface area (Å²) in [5.41, 5.74) is 3.15. The van der Waals surface area contributed by atoms with Crippen LogP contribution in [0, 0.1) is 3.57 Å². The third kappa shape index (κ3) is 2.97. The van der Waals surface area contributed by atoms with Crippen molar-refractivity contribution in [3.63, 3.8) is 0 Å². The van der Waals surface area contributed by atoms with Crippen LogP contribution in [0.1, 0.15) is 38.8 Å². The van der Waals surface area contributed by atoms with Gasteiger partial charge in [-0.3, -0.25) is 0 Å². The summed E-state index contributed by atoms with van der Waals surface area (Å²) in [4.78, 5) is 0. The average Bonchev–Trinajstić information content (AvgIpc) is 2.01. The van der Waals surface area contributed by atoms with Crippen LogP contribution in [0.15, 0.2) is 18.2 Å². The molecule has 0 saturated carbocycles. The van der Waals surface area contributed by atoms with Gasteiger partial charge in [0.05, 0.1) is 0 Å². The first-order valence-electron chi connectivity index (χ1n) is 4.73. The summed E-state index contributed by atoms with van der Waals surface area (Å²) in [6.45, 7) is 8.99. The first-order chi connectivity index (χ1) is 5.93. The molecule has 0 radical (unpaired) electrons. The molecule has 1 rings (SSSR count). The molecular formula is C12H17I. The van der Waals surface area contributed by atoms with Gasteiger partial charge < -0.3 is 0 Å². The number of aryl methyl sites for hydroxylation is 1. The summed E-state index contributed by atoms with van der Waals surface area (Å²) in [6.07, 6.45) is 1.12. The van der Waals surface area contributed by atoms with Crippen LogP contribution < -0.4 is 0 Å². The zero-order valence-electron chi connectivity index (χ0n) is 8.82. The Labute approximate surface area is 94.9 Å². The summed E-state index contributed by atoms with van der Waals surface area (Å²) < 4.78 is 1.35. The highest BCUT2D eigenvalue weighted by Crippen LogP contribution is 2.25. The van der Waals surface area contributed by atoms with Gasteiger partial charge in [-0.25, -0.2) is 0 Å². The minimum atomic E-state index is 0.269. The maximum atomic E-state index is 2.39. The Balaban J connectivity index is 3.16. The predicted molar refractivity (Wildman–Crippen MR) is 67.2 cm³/mol. The fraction of sp³-hybridized carbons (Fsp3) is 0.500. The number of benzene rings is 1. The molecule has 1 heteroatoms.